The lowest BCUT2D eigenvalue weighted by Crippen LogP contribution is -2.19. The van der Waals surface area contributed by atoms with Crippen LogP contribution >= 0.6 is 23.2 Å². The van der Waals surface area contributed by atoms with Gasteiger partial charge < -0.3 is 9.47 Å². The zero-order valence-corrected chi connectivity index (χ0v) is 10.2. The maximum Gasteiger partial charge on any atom is 0.323 e. The molecular formula is C9H14Cl2O4. The molecule has 0 heterocycles. The highest BCUT2D eigenvalue weighted by Gasteiger charge is 2.19. The summed E-state index contributed by atoms with van der Waals surface area (Å²) < 4.78 is 8.89. The van der Waals surface area contributed by atoms with Gasteiger partial charge in [-0.05, 0) is 19.3 Å². The van der Waals surface area contributed by atoms with Gasteiger partial charge in [-0.1, -0.05) is 0 Å². The molecule has 0 rings (SSSR count). The highest BCUT2D eigenvalue weighted by Crippen LogP contribution is 2.14. The molecule has 6 heteroatoms. The highest BCUT2D eigenvalue weighted by molar-refractivity contribution is 6.30. The van der Waals surface area contributed by atoms with Crippen LogP contribution in [-0.4, -0.2) is 36.9 Å². The monoisotopic (exact) mass is 256 g/mol. The smallest absolute Gasteiger partial charge is 0.323 e. The van der Waals surface area contributed by atoms with Crippen molar-refractivity contribution in [2.75, 3.05) is 14.2 Å². The first-order chi connectivity index (χ1) is 7.02. The Morgan fingerprint density at radius 2 is 1.33 bits per heavy atom. The van der Waals surface area contributed by atoms with Crippen molar-refractivity contribution in [2.45, 2.75) is 30.0 Å². The quantitative estimate of drug-likeness (QED) is 0.537. The van der Waals surface area contributed by atoms with E-state index in [1.807, 2.05) is 0 Å². The van der Waals surface area contributed by atoms with E-state index in [9.17, 15) is 9.59 Å². The molecule has 4 nitrogen and oxygen atoms in total. The SMILES string of the molecule is COC(=O)C(Cl)CCCC(Cl)C(=O)OC. The van der Waals surface area contributed by atoms with Crippen molar-refractivity contribution < 1.29 is 19.1 Å². The van der Waals surface area contributed by atoms with Gasteiger partial charge in [-0.3, -0.25) is 9.59 Å². The van der Waals surface area contributed by atoms with Crippen LogP contribution in [0.2, 0.25) is 0 Å². The predicted molar refractivity (Wildman–Crippen MR) is 57.2 cm³/mol. The molecule has 2 unspecified atom stereocenters. The first kappa shape index (κ1) is 14.5. The van der Waals surface area contributed by atoms with E-state index in [1.54, 1.807) is 0 Å². The molecule has 0 amide bonds. The van der Waals surface area contributed by atoms with E-state index in [1.165, 1.54) is 14.2 Å². The molecule has 0 saturated carbocycles. The second-order valence-corrected chi connectivity index (χ2v) is 3.97. The van der Waals surface area contributed by atoms with Crippen molar-refractivity contribution >= 4 is 35.1 Å². The Hall–Kier alpha value is -0.480. The van der Waals surface area contributed by atoms with Crippen molar-refractivity contribution in [3.8, 4) is 0 Å². The summed E-state index contributed by atoms with van der Waals surface area (Å²) in [4.78, 5) is 21.8. The van der Waals surface area contributed by atoms with Gasteiger partial charge >= 0.3 is 11.9 Å². The molecule has 15 heavy (non-hydrogen) atoms. The Balaban J connectivity index is 3.70. The van der Waals surface area contributed by atoms with E-state index in [-0.39, 0.29) is 0 Å². The third-order valence-electron chi connectivity index (χ3n) is 1.83. The number of ether oxygens (including phenoxy) is 2. The number of methoxy groups -OCH3 is 2. The molecule has 0 bridgehead atoms. The van der Waals surface area contributed by atoms with Gasteiger partial charge in [0.15, 0.2) is 0 Å². The van der Waals surface area contributed by atoms with Gasteiger partial charge in [0.05, 0.1) is 14.2 Å². The molecule has 88 valence electrons. The van der Waals surface area contributed by atoms with E-state index < -0.39 is 22.7 Å². The molecule has 0 radical (unpaired) electrons. The second kappa shape index (κ2) is 7.77. The van der Waals surface area contributed by atoms with Gasteiger partial charge in [0.25, 0.3) is 0 Å². The number of hydrogen-bond donors (Lipinski definition) is 0. The van der Waals surface area contributed by atoms with Gasteiger partial charge in [-0.15, -0.1) is 23.2 Å². The molecular weight excluding hydrogens is 243 g/mol. The summed E-state index contributed by atoms with van der Waals surface area (Å²) in [6.07, 6.45) is 1.41. The number of carbonyl (C=O) groups excluding carboxylic acids is 2. The van der Waals surface area contributed by atoms with Crippen LogP contribution in [0.25, 0.3) is 0 Å². The molecule has 0 aromatic rings. The maximum atomic E-state index is 10.9. The number of esters is 2. The minimum Gasteiger partial charge on any atom is -0.468 e. The topological polar surface area (TPSA) is 52.6 Å². The van der Waals surface area contributed by atoms with Gasteiger partial charge in [-0.25, -0.2) is 0 Å². The number of carbonyl (C=O) groups is 2. The Kier molecular flexibility index (Phi) is 7.52. The van der Waals surface area contributed by atoms with E-state index in [0.29, 0.717) is 19.3 Å². The minimum absolute atomic E-state index is 0.425. The van der Waals surface area contributed by atoms with E-state index in [2.05, 4.69) is 9.47 Å². The molecule has 0 spiro atoms. The Morgan fingerprint density at radius 1 is 1.00 bits per heavy atom. The number of hydrogen-bond acceptors (Lipinski definition) is 4. The summed E-state index contributed by atoms with van der Waals surface area (Å²) in [6.45, 7) is 0. The van der Waals surface area contributed by atoms with Crippen LogP contribution in [0.3, 0.4) is 0 Å². The third-order valence-corrected chi connectivity index (χ3v) is 2.62. The number of alkyl halides is 2. The lowest BCUT2D eigenvalue weighted by Gasteiger charge is -2.09. The molecule has 0 aliphatic rings. The van der Waals surface area contributed by atoms with Crippen LogP contribution in [-0.2, 0) is 19.1 Å². The number of rotatable bonds is 6. The van der Waals surface area contributed by atoms with Gasteiger partial charge in [-0.2, -0.15) is 0 Å². The molecule has 2 atom stereocenters. The van der Waals surface area contributed by atoms with Crippen LogP contribution < -0.4 is 0 Å². The van der Waals surface area contributed by atoms with Crippen molar-refractivity contribution in [1.29, 1.82) is 0 Å². The van der Waals surface area contributed by atoms with E-state index >= 15 is 0 Å². The lowest BCUT2D eigenvalue weighted by molar-refractivity contribution is -0.140. The van der Waals surface area contributed by atoms with E-state index in [0.717, 1.165) is 0 Å². The predicted octanol–water partition coefficient (Wildman–Crippen LogP) is 1.72. The first-order valence-electron chi connectivity index (χ1n) is 4.46. The maximum absolute atomic E-state index is 10.9. The van der Waals surface area contributed by atoms with Crippen molar-refractivity contribution in [2.24, 2.45) is 0 Å². The normalized spacial score (nSPS) is 14.1. The van der Waals surface area contributed by atoms with E-state index in [4.69, 9.17) is 23.2 Å². The molecule has 0 aliphatic heterocycles. The molecule has 0 N–H and O–H groups in total. The van der Waals surface area contributed by atoms with Crippen molar-refractivity contribution in [3.63, 3.8) is 0 Å². The highest BCUT2D eigenvalue weighted by atomic mass is 35.5. The average Bonchev–Trinajstić information content (AvgIpc) is 2.26. The molecule has 0 aromatic heterocycles. The first-order valence-corrected chi connectivity index (χ1v) is 5.34. The zero-order chi connectivity index (χ0) is 11.8. The zero-order valence-electron chi connectivity index (χ0n) is 8.66. The summed E-state index contributed by atoms with van der Waals surface area (Å²) >= 11 is 11.4. The van der Waals surface area contributed by atoms with Crippen LogP contribution in [0.1, 0.15) is 19.3 Å². The molecule has 0 aliphatic carbocycles. The third kappa shape index (κ3) is 5.85. The van der Waals surface area contributed by atoms with Gasteiger partial charge in [0.2, 0.25) is 0 Å². The second-order valence-electron chi connectivity index (χ2n) is 2.91. The summed E-state index contributed by atoms with van der Waals surface area (Å²) in [6, 6.07) is 0. The summed E-state index contributed by atoms with van der Waals surface area (Å²) in [5.41, 5.74) is 0. The fourth-order valence-electron chi connectivity index (χ4n) is 0.968. The Labute approximate surface area is 98.8 Å². The standard InChI is InChI=1S/C9H14Cl2O4/c1-14-8(12)6(10)4-3-5-7(11)9(13)15-2/h6-7H,3-5H2,1-2H3. The van der Waals surface area contributed by atoms with Crippen molar-refractivity contribution in [3.05, 3.63) is 0 Å². The van der Waals surface area contributed by atoms with Crippen LogP contribution in [0, 0.1) is 0 Å². The lowest BCUT2D eigenvalue weighted by atomic mass is 10.1. The summed E-state index contributed by atoms with van der Waals surface area (Å²) in [5.74, 6) is -0.943. The summed E-state index contributed by atoms with van der Waals surface area (Å²) in [5, 5.41) is -1.37. The van der Waals surface area contributed by atoms with Gasteiger partial charge in [0, 0.05) is 0 Å². The number of halogens is 2. The molecule has 0 fully saturated rings. The average molecular weight is 257 g/mol. The van der Waals surface area contributed by atoms with Crippen LogP contribution in [0.15, 0.2) is 0 Å². The Morgan fingerprint density at radius 3 is 1.60 bits per heavy atom. The minimum atomic E-state index is -0.684. The Bertz CT molecular complexity index is 198. The molecule has 0 aromatic carbocycles. The fourth-order valence-corrected chi connectivity index (χ4v) is 1.45. The van der Waals surface area contributed by atoms with Gasteiger partial charge in [0.1, 0.15) is 10.8 Å². The summed E-state index contributed by atoms with van der Waals surface area (Å²) in [7, 11) is 2.55. The fraction of sp³-hybridized carbons (Fsp3) is 0.778. The van der Waals surface area contributed by atoms with Crippen LogP contribution in [0.4, 0.5) is 0 Å². The largest absolute Gasteiger partial charge is 0.468 e. The van der Waals surface area contributed by atoms with Crippen LogP contribution in [0.5, 0.6) is 0 Å². The molecule has 0 saturated heterocycles. The van der Waals surface area contributed by atoms with Crippen molar-refractivity contribution in [1.82, 2.24) is 0 Å².